The molecule has 44 heavy (non-hydrogen) atoms. The van der Waals surface area contributed by atoms with E-state index in [0.29, 0.717) is 52.6 Å². The number of ether oxygens (including phenoxy) is 4. The van der Waals surface area contributed by atoms with Gasteiger partial charge in [-0.25, -0.2) is 0 Å². The number of likely N-dealkylation sites (N-methyl/N-ethyl adjacent to an activating group) is 4. The van der Waals surface area contributed by atoms with E-state index in [1.165, 1.54) is 0 Å². The molecule has 8 nitrogen and oxygen atoms in total. The standard InChI is InChI=1S/C36H44N4O4/c1-37-21-25-41-33-17-9-10-18-34(33)43-27-23-39(3)31-15-7-8-16-32(31)40(4)24-28-44-36-20-12-11-19-35(36)42-26-22-38(2)30-14-6-5-13-29(30)37/h5-20H,21-28H2,1-4H3. The van der Waals surface area contributed by atoms with Crippen LogP contribution in [0.4, 0.5) is 22.7 Å². The molecule has 0 amide bonds. The van der Waals surface area contributed by atoms with Crippen molar-refractivity contribution in [2.24, 2.45) is 0 Å². The van der Waals surface area contributed by atoms with E-state index in [0.717, 1.165) is 45.7 Å². The maximum atomic E-state index is 6.24. The highest BCUT2D eigenvalue weighted by molar-refractivity contribution is 5.71. The topological polar surface area (TPSA) is 49.9 Å². The predicted octanol–water partition coefficient (Wildman–Crippen LogP) is 6.06. The highest BCUT2D eigenvalue weighted by Crippen LogP contribution is 2.31. The molecule has 0 bridgehead atoms. The second-order valence-electron chi connectivity index (χ2n) is 11.0. The minimum atomic E-state index is 0.522. The zero-order chi connectivity index (χ0) is 30.7. The van der Waals surface area contributed by atoms with Gasteiger partial charge in [0.1, 0.15) is 26.4 Å². The third-order valence-electron chi connectivity index (χ3n) is 7.84. The molecule has 0 saturated heterocycles. The van der Waals surface area contributed by atoms with Gasteiger partial charge in [-0.3, -0.25) is 0 Å². The monoisotopic (exact) mass is 596 g/mol. The van der Waals surface area contributed by atoms with Crippen LogP contribution in [0, 0.1) is 0 Å². The molecule has 0 unspecified atom stereocenters. The second kappa shape index (κ2) is 15.1. The smallest absolute Gasteiger partial charge is 0.161 e. The quantitative estimate of drug-likeness (QED) is 0.243. The van der Waals surface area contributed by atoms with Gasteiger partial charge in [0.25, 0.3) is 0 Å². The highest BCUT2D eigenvalue weighted by Gasteiger charge is 2.15. The normalized spacial score (nSPS) is 15.5. The Morgan fingerprint density at radius 3 is 0.773 bits per heavy atom. The van der Waals surface area contributed by atoms with Gasteiger partial charge in [0, 0.05) is 28.2 Å². The molecule has 8 heteroatoms. The summed E-state index contributed by atoms with van der Waals surface area (Å²) >= 11 is 0. The van der Waals surface area contributed by atoms with E-state index >= 15 is 0 Å². The molecular weight excluding hydrogens is 552 g/mol. The Bertz CT molecular complexity index is 1260. The van der Waals surface area contributed by atoms with Gasteiger partial charge in [0.15, 0.2) is 23.0 Å². The molecule has 0 spiro atoms. The lowest BCUT2D eigenvalue weighted by Gasteiger charge is -2.29. The first-order valence-corrected chi connectivity index (χ1v) is 15.2. The van der Waals surface area contributed by atoms with Gasteiger partial charge in [-0.2, -0.15) is 0 Å². The van der Waals surface area contributed by atoms with Gasteiger partial charge >= 0.3 is 0 Å². The number of hydrogen-bond donors (Lipinski definition) is 0. The third-order valence-corrected chi connectivity index (χ3v) is 7.84. The molecule has 4 aromatic rings. The molecule has 0 fully saturated rings. The van der Waals surface area contributed by atoms with Crippen molar-refractivity contribution < 1.29 is 18.9 Å². The summed E-state index contributed by atoms with van der Waals surface area (Å²) in [5, 5.41) is 0. The van der Waals surface area contributed by atoms with Crippen LogP contribution < -0.4 is 38.5 Å². The summed E-state index contributed by atoms with van der Waals surface area (Å²) in [4.78, 5) is 8.89. The van der Waals surface area contributed by atoms with Crippen LogP contribution in [0.15, 0.2) is 97.1 Å². The summed E-state index contributed by atoms with van der Waals surface area (Å²) in [6.07, 6.45) is 0. The van der Waals surface area contributed by atoms with Crippen LogP contribution >= 0.6 is 0 Å². The zero-order valence-corrected chi connectivity index (χ0v) is 26.3. The molecule has 0 aromatic heterocycles. The van der Waals surface area contributed by atoms with Crippen LogP contribution in [0.2, 0.25) is 0 Å². The van der Waals surface area contributed by atoms with Crippen LogP contribution in [0.3, 0.4) is 0 Å². The van der Waals surface area contributed by atoms with Crippen LogP contribution in [0.1, 0.15) is 0 Å². The fraction of sp³-hybridized carbons (Fsp3) is 0.333. The maximum Gasteiger partial charge on any atom is 0.161 e. The summed E-state index contributed by atoms with van der Waals surface area (Å²) in [5.41, 5.74) is 4.53. The molecule has 1 heterocycles. The third kappa shape index (κ3) is 7.81. The highest BCUT2D eigenvalue weighted by atomic mass is 16.5. The maximum absolute atomic E-state index is 6.24. The van der Waals surface area contributed by atoms with Gasteiger partial charge in [-0.1, -0.05) is 48.5 Å². The largest absolute Gasteiger partial charge is 0.488 e. The number of anilines is 4. The van der Waals surface area contributed by atoms with E-state index in [4.69, 9.17) is 18.9 Å². The summed E-state index contributed by atoms with van der Waals surface area (Å²) in [7, 11) is 8.38. The van der Waals surface area contributed by atoms with Crippen molar-refractivity contribution in [3.8, 4) is 23.0 Å². The number of rotatable bonds is 0. The molecule has 1 aliphatic heterocycles. The first-order chi connectivity index (χ1) is 21.5. The minimum absolute atomic E-state index is 0.522. The van der Waals surface area contributed by atoms with E-state index in [9.17, 15) is 0 Å². The molecular formula is C36H44N4O4. The summed E-state index contributed by atoms with van der Waals surface area (Å²) in [6.45, 7) is 4.95. The fourth-order valence-electron chi connectivity index (χ4n) is 5.25. The van der Waals surface area contributed by atoms with E-state index in [1.54, 1.807) is 0 Å². The molecule has 232 valence electrons. The number of para-hydroxylation sites is 8. The Morgan fingerprint density at radius 1 is 0.341 bits per heavy atom. The first-order valence-electron chi connectivity index (χ1n) is 15.2. The van der Waals surface area contributed by atoms with Crippen LogP contribution in [0.5, 0.6) is 23.0 Å². The van der Waals surface area contributed by atoms with Gasteiger partial charge in [-0.05, 0) is 48.5 Å². The molecule has 4 aromatic carbocycles. The van der Waals surface area contributed by atoms with Crippen molar-refractivity contribution in [2.45, 2.75) is 0 Å². The van der Waals surface area contributed by atoms with E-state index < -0.39 is 0 Å². The van der Waals surface area contributed by atoms with Gasteiger partial charge in [0.05, 0.1) is 48.9 Å². The van der Waals surface area contributed by atoms with E-state index in [2.05, 4.69) is 96.3 Å². The SMILES string of the molecule is CN1CCOc2ccccc2OCCN(C)c2ccccc2N(C)CCOc2ccccc2OCCN(C)c2ccccc21. The van der Waals surface area contributed by atoms with Crippen molar-refractivity contribution >= 4 is 22.7 Å². The van der Waals surface area contributed by atoms with Crippen molar-refractivity contribution in [1.82, 2.24) is 0 Å². The number of hydrogen-bond acceptors (Lipinski definition) is 8. The van der Waals surface area contributed by atoms with Crippen molar-refractivity contribution in [3.63, 3.8) is 0 Å². The summed E-state index contributed by atoms with van der Waals surface area (Å²) in [5.74, 6) is 3.00. The molecule has 0 atom stereocenters. The molecule has 0 aliphatic carbocycles. The lowest BCUT2D eigenvalue weighted by atomic mass is 10.2. The number of benzene rings is 4. The van der Waals surface area contributed by atoms with Crippen LogP contribution in [0.25, 0.3) is 0 Å². The van der Waals surface area contributed by atoms with E-state index in [-0.39, 0.29) is 0 Å². The first kappa shape index (κ1) is 30.7. The van der Waals surface area contributed by atoms with Crippen molar-refractivity contribution in [1.29, 1.82) is 0 Å². The Labute approximate surface area is 261 Å². The average molecular weight is 597 g/mol. The Kier molecular flexibility index (Phi) is 10.6. The van der Waals surface area contributed by atoms with Crippen molar-refractivity contribution in [2.75, 3.05) is 100 Å². The minimum Gasteiger partial charge on any atom is -0.488 e. The van der Waals surface area contributed by atoms with Gasteiger partial charge in [0.2, 0.25) is 0 Å². The average Bonchev–Trinajstić information content (AvgIpc) is 3.05. The Hall–Kier alpha value is -4.72. The van der Waals surface area contributed by atoms with Crippen LogP contribution in [-0.2, 0) is 0 Å². The summed E-state index contributed by atoms with van der Waals surface area (Å²) in [6, 6.07) is 32.6. The van der Waals surface area contributed by atoms with Gasteiger partial charge in [-0.15, -0.1) is 0 Å². The van der Waals surface area contributed by atoms with Gasteiger partial charge < -0.3 is 38.5 Å². The molecule has 0 N–H and O–H groups in total. The molecule has 0 radical (unpaired) electrons. The van der Waals surface area contributed by atoms with Crippen molar-refractivity contribution in [3.05, 3.63) is 97.1 Å². The lowest BCUT2D eigenvalue weighted by molar-refractivity contribution is 0.275. The molecule has 0 saturated carbocycles. The Balaban J connectivity index is 1.36. The lowest BCUT2D eigenvalue weighted by Crippen LogP contribution is -2.29. The fourth-order valence-corrected chi connectivity index (χ4v) is 5.25. The molecule has 5 rings (SSSR count). The van der Waals surface area contributed by atoms with Crippen LogP contribution in [-0.4, -0.2) is 80.8 Å². The van der Waals surface area contributed by atoms with E-state index in [1.807, 2.05) is 48.5 Å². The summed E-state index contributed by atoms with van der Waals surface area (Å²) < 4.78 is 24.9. The molecule has 1 aliphatic rings. The number of fused-ring (bicyclic) bond motifs is 4. The number of nitrogens with zero attached hydrogens (tertiary/aromatic N) is 4. The Morgan fingerprint density at radius 2 is 0.545 bits per heavy atom. The second-order valence-corrected chi connectivity index (χ2v) is 11.0. The zero-order valence-electron chi connectivity index (χ0n) is 26.3. The predicted molar refractivity (Wildman–Crippen MR) is 181 cm³/mol.